The maximum atomic E-state index is 11.4. The number of benzene rings is 1. The summed E-state index contributed by atoms with van der Waals surface area (Å²) in [5.74, 6) is 0.122. The lowest BCUT2D eigenvalue weighted by molar-refractivity contribution is -0.120. The Labute approximate surface area is 116 Å². The third kappa shape index (κ3) is 3.03. The first-order valence-electron chi connectivity index (χ1n) is 6.14. The fourth-order valence-corrected chi connectivity index (χ4v) is 2.56. The quantitative estimate of drug-likeness (QED) is 0.875. The Morgan fingerprint density at radius 3 is 2.94 bits per heavy atom. The summed E-state index contributed by atoms with van der Waals surface area (Å²) in [6, 6.07) is 6.12. The van der Waals surface area contributed by atoms with Gasteiger partial charge in [-0.1, -0.05) is 15.9 Å². The summed E-state index contributed by atoms with van der Waals surface area (Å²) in [6.07, 6.45) is 0.536. The first kappa shape index (κ1) is 13.4. The van der Waals surface area contributed by atoms with Crippen molar-refractivity contribution in [3.05, 3.63) is 28.2 Å². The molecule has 0 spiro atoms. The zero-order valence-corrected chi connectivity index (χ0v) is 12.0. The van der Waals surface area contributed by atoms with Crippen molar-refractivity contribution >= 4 is 27.5 Å². The van der Waals surface area contributed by atoms with Crippen molar-refractivity contribution < 1.29 is 4.79 Å². The van der Waals surface area contributed by atoms with Crippen molar-refractivity contribution in [2.24, 2.45) is 5.73 Å². The summed E-state index contributed by atoms with van der Waals surface area (Å²) < 4.78 is 1.03. The van der Waals surface area contributed by atoms with Gasteiger partial charge in [-0.25, -0.2) is 0 Å². The molecule has 5 heteroatoms. The predicted octanol–water partition coefficient (Wildman–Crippen LogP) is 1.80. The molecule has 4 nitrogen and oxygen atoms in total. The molecule has 0 bridgehead atoms. The molecule has 1 heterocycles. The van der Waals surface area contributed by atoms with Crippen LogP contribution in [0.5, 0.6) is 0 Å². The van der Waals surface area contributed by atoms with Gasteiger partial charge in [0.25, 0.3) is 0 Å². The van der Waals surface area contributed by atoms with Crippen molar-refractivity contribution in [1.82, 2.24) is 5.32 Å². The number of nitrogens with zero attached hydrogens (tertiary/aromatic N) is 1. The summed E-state index contributed by atoms with van der Waals surface area (Å²) in [5.41, 5.74) is 8.27. The lowest BCUT2D eigenvalue weighted by Gasteiger charge is -2.26. The Morgan fingerprint density at radius 1 is 1.44 bits per heavy atom. The van der Waals surface area contributed by atoms with E-state index < -0.39 is 0 Å². The maximum absolute atomic E-state index is 11.4. The highest BCUT2D eigenvalue weighted by molar-refractivity contribution is 9.10. The molecule has 2 rings (SSSR count). The van der Waals surface area contributed by atoms with E-state index in [2.05, 4.69) is 38.3 Å². The van der Waals surface area contributed by atoms with E-state index in [0.717, 1.165) is 28.8 Å². The van der Waals surface area contributed by atoms with Crippen LogP contribution in [0, 0.1) is 0 Å². The molecule has 18 heavy (non-hydrogen) atoms. The number of carbonyl (C=O) groups is 1. The largest absolute Gasteiger partial charge is 0.369 e. The van der Waals surface area contributed by atoms with E-state index in [-0.39, 0.29) is 11.9 Å². The van der Waals surface area contributed by atoms with Gasteiger partial charge in [0.15, 0.2) is 0 Å². The lowest BCUT2D eigenvalue weighted by Crippen LogP contribution is -2.29. The molecule has 0 radical (unpaired) electrons. The SMILES string of the molecule is CC(N)c1cc(Br)ccc1N1CCNC(=O)CC1. The van der Waals surface area contributed by atoms with Gasteiger partial charge in [-0.15, -0.1) is 0 Å². The van der Waals surface area contributed by atoms with Crippen LogP contribution in [0.4, 0.5) is 5.69 Å². The highest BCUT2D eigenvalue weighted by atomic mass is 79.9. The van der Waals surface area contributed by atoms with Crippen molar-refractivity contribution in [2.75, 3.05) is 24.5 Å². The molecule has 1 atom stereocenters. The van der Waals surface area contributed by atoms with E-state index in [0.29, 0.717) is 13.0 Å². The van der Waals surface area contributed by atoms with Crippen LogP contribution in [-0.2, 0) is 4.79 Å². The first-order valence-corrected chi connectivity index (χ1v) is 6.94. The third-order valence-corrected chi connectivity index (χ3v) is 3.63. The minimum Gasteiger partial charge on any atom is -0.369 e. The average molecular weight is 312 g/mol. The molecule has 1 aromatic carbocycles. The Kier molecular flexibility index (Phi) is 4.24. The minimum absolute atomic E-state index is 0.0237. The molecular formula is C13H18BrN3O. The van der Waals surface area contributed by atoms with E-state index in [1.807, 2.05) is 13.0 Å². The van der Waals surface area contributed by atoms with Crippen LogP contribution in [0.3, 0.4) is 0 Å². The van der Waals surface area contributed by atoms with E-state index >= 15 is 0 Å². The normalized spacial score (nSPS) is 18.2. The number of rotatable bonds is 2. The second kappa shape index (κ2) is 5.71. The fourth-order valence-electron chi connectivity index (χ4n) is 2.19. The van der Waals surface area contributed by atoms with E-state index in [9.17, 15) is 4.79 Å². The van der Waals surface area contributed by atoms with E-state index in [1.54, 1.807) is 0 Å². The maximum Gasteiger partial charge on any atom is 0.221 e. The van der Waals surface area contributed by atoms with Gasteiger partial charge >= 0.3 is 0 Å². The van der Waals surface area contributed by atoms with E-state index in [4.69, 9.17) is 5.73 Å². The van der Waals surface area contributed by atoms with Crippen LogP contribution in [0.15, 0.2) is 22.7 Å². The Morgan fingerprint density at radius 2 is 2.22 bits per heavy atom. The topological polar surface area (TPSA) is 58.4 Å². The predicted molar refractivity (Wildman–Crippen MR) is 76.6 cm³/mol. The molecule has 98 valence electrons. The summed E-state index contributed by atoms with van der Waals surface area (Å²) in [7, 11) is 0. The number of carbonyl (C=O) groups excluding carboxylic acids is 1. The second-order valence-corrected chi connectivity index (χ2v) is 5.49. The molecule has 1 unspecified atom stereocenters. The molecule has 3 N–H and O–H groups in total. The van der Waals surface area contributed by atoms with Crippen molar-refractivity contribution in [3.63, 3.8) is 0 Å². The van der Waals surface area contributed by atoms with Gasteiger partial charge < -0.3 is 16.0 Å². The van der Waals surface area contributed by atoms with Crippen molar-refractivity contribution in [2.45, 2.75) is 19.4 Å². The highest BCUT2D eigenvalue weighted by Gasteiger charge is 2.17. The summed E-state index contributed by atoms with van der Waals surface area (Å²) in [5, 5.41) is 2.88. The number of nitrogens with one attached hydrogen (secondary N) is 1. The molecule has 0 saturated carbocycles. The molecule has 1 aliphatic heterocycles. The zero-order valence-electron chi connectivity index (χ0n) is 10.4. The number of hydrogen-bond donors (Lipinski definition) is 2. The van der Waals surface area contributed by atoms with E-state index in [1.165, 1.54) is 0 Å². The van der Waals surface area contributed by atoms with Crippen LogP contribution in [0.2, 0.25) is 0 Å². The molecule has 1 aliphatic rings. The molecule has 1 amide bonds. The number of nitrogens with two attached hydrogens (primary N) is 1. The number of hydrogen-bond acceptors (Lipinski definition) is 3. The van der Waals surface area contributed by atoms with Crippen LogP contribution in [-0.4, -0.2) is 25.5 Å². The second-order valence-electron chi connectivity index (χ2n) is 4.58. The van der Waals surface area contributed by atoms with Crippen LogP contribution < -0.4 is 16.0 Å². The van der Waals surface area contributed by atoms with Gasteiger partial charge in [0, 0.05) is 42.3 Å². The molecule has 0 aliphatic carbocycles. The average Bonchev–Trinajstić information content (AvgIpc) is 2.54. The number of amides is 1. The Bertz CT molecular complexity index is 448. The van der Waals surface area contributed by atoms with Gasteiger partial charge in [-0.2, -0.15) is 0 Å². The number of halogens is 1. The third-order valence-electron chi connectivity index (χ3n) is 3.13. The minimum atomic E-state index is -0.0237. The first-order chi connectivity index (χ1) is 8.58. The van der Waals surface area contributed by atoms with Gasteiger partial charge in [-0.05, 0) is 30.7 Å². The fraction of sp³-hybridized carbons (Fsp3) is 0.462. The van der Waals surface area contributed by atoms with Crippen LogP contribution in [0.25, 0.3) is 0 Å². The van der Waals surface area contributed by atoms with Crippen molar-refractivity contribution in [3.8, 4) is 0 Å². The molecule has 1 aromatic rings. The van der Waals surface area contributed by atoms with Gasteiger partial charge in [0.2, 0.25) is 5.91 Å². The number of anilines is 1. The molecular weight excluding hydrogens is 294 g/mol. The smallest absolute Gasteiger partial charge is 0.221 e. The highest BCUT2D eigenvalue weighted by Crippen LogP contribution is 2.29. The molecule has 1 fully saturated rings. The van der Waals surface area contributed by atoms with Gasteiger partial charge in [0.1, 0.15) is 0 Å². The van der Waals surface area contributed by atoms with Gasteiger partial charge in [0.05, 0.1) is 0 Å². The van der Waals surface area contributed by atoms with Crippen LogP contribution in [0.1, 0.15) is 24.9 Å². The molecule has 0 aromatic heterocycles. The van der Waals surface area contributed by atoms with Crippen molar-refractivity contribution in [1.29, 1.82) is 0 Å². The zero-order chi connectivity index (χ0) is 13.1. The Hall–Kier alpha value is -1.07. The lowest BCUT2D eigenvalue weighted by atomic mass is 10.1. The summed E-state index contributed by atoms with van der Waals surface area (Å²) >= 11 is 3.47. The molecule has 1 saturated heterocycles. The summed E-state index contributed by atoms with van der Waals surface area (Å²) in [6.45, 7) is 4.24. The standard InChI is InChI=1S/C13H18BrN3O/c1-9(15)11-8-10(14)2-3-12(11)17-6-4-13(18)16-5-7-17/h2-3,8-9H,4-7,15H2,1H3,(H,16,18). The monoisotopic (exact) mass is 311 g/mol. The van der Waals surface area contributed by atoms with Gasteiger partial charge in [-0.3, -0.25) is 4.79 Å². The Balaban J connectivity index is 2.29. The summed E-state index contributed by atoms with van der Waals surface area (Å²) in [4.78, 5) is 13.6. The van der Waals surface area contributed by atoms with Crippen LogP contribution >= 0.6 is 15.9 Å².